The fourth-order valence-electron chi connectivity index (χ4n) is 1.73. The van der Waals surface area contributed by atoms with E-state index in [0.717, 1.165) is 19.5 Å². The molecule has 2 N–H and O–H groups in total. The number of halogens is 3. The molecule has 20 heavy (non-hydrogen) atoms. The first-order chi connectivity index (χ1) is 9.49. The van der Waals surface area contributed by atoms with Crippen molar-refractivity contribution in [1.82, 2.24) is 10.6 Å². The zero-order chi connectivity index (χ0) is 15.3. The molecule has 0 aliphatic carbocycles. The molecule has 0 rings (SSSR count). The van der Waals surface area contributed by atoms with Gasteiger partial charge in [0.2, 0.25) is 0 Å². The fraction of sp³-hybridized carbons (Fsp3) is 0.929. The molecule has 0 aromatic heterocycles. The predicted molar refractivity (Wildman–Crippen MR) is 78.0 cm³/mol. The van der Waals surface area contributed by atoms with E-state index in [1.54, 1.807) is 0 Å². The molecule has 6 heteroatoms. The van der Waals surface area contributed by atoms with E-state index in [-0.39, 0.29) is 6.42 Å². The molecule has 0 saturated carbocycles. The molecule has 0 saturated heterocycles. The van der Waals surface area contributed by atoms with Crippen LogP contribution < -0.4 is 10.6 Å². The molecular formula is C14H28F3N3. The van der Waals surface area contributed by atoms with Crippen molar-refractivity contribution in [3.05, 3.63) is 0 Å². The number of hydrogen-bond donors (Lipinski definition) is 2. The minimum atomic E-state index is -4.04. The van der Waals surface area contributed by atoms with Gasteiger partial charge in [-0.3, -0.25) is 4.99 Å². The summed E-state index contributed by atoms with van der Waals surface area (Å²) >= 11 is 0. The molecule has 0 aromatic rings. The van der Waals surface area contributed by atoms with E-state index in [0.29, 0.717) is 18.9 Å². The molecule has 0 fully saturated rings. The number of guanidine groups is 1. The van der Waals surface area contributed by atoms with Crippen LogP contribution in [0.5, 0.6) is 0 Å². The van der Waals surface area contributed by atoms with Crippen molar-refractivity contribution in [2.24, 2.45) is 4.99 Å². The van der Waals surface area contributed by atoms with E-state index >= 15 is 0 Å². The maximum absolute atomic E-state index is 12.0. The van der Waals surface area contributed by atoms with Crippen LogP contribution in [0.3, 0.4) is 0 Å². The van der Waals surface area contributed by atoms with Gasteiger partial charge < -0.3 is 10.6 Å². The lowest BCUT2D eigenvalue weighted by Crippen LogP contribution is -2.37. The van der Waals surface area contributed by atoms with Crippen LogP contribution in [0, 0.1) is 0 Å². The van der Waals surface area contributed by atoms with Crippen molar-refractivity contribution >= 4 is 5.96 Å². The average Bonchev–Trinajstić information content (AvgIpc) is 2.36. The van der Waals surface area contributed by atoms with Gasteiger partial charge in [0, 0.05) is 26.1 Å². The Balaban J connectivity index is 3.75. The second-order valence-corrected chi connectivity index (χ2v) is 4.82. The molecule has 0 aliphatic heterocycles. The lowest BCUT2D eigenvalue weighted by molar-refractivity contribution is -0.135. The third-order valence-electron chi connectivity index (χ3n) is 2.81. The fourth-order valence-corrected chi connectivity index (χ4v) is 1.73. The van der Waals surface area contributed by atoms with Crippen LogP contribution in [0.2, 0.25) is 0 Å². The Kier molecular flexibility index (Phi) is 11.3. The number of rotatable bonds is 10. The Hall–Kier alpha value is -0.940. The van der Waals surface area contributed by atoms with E-state index < -0.39 is 12.6 Å². The predicted octanol–water partition coefficient (Wildman–Crippen LogP) is 3.85. The summed E-state index contributed by atoms with van der Waals surface area (Å²) in [5, 5.41) is 6.17. The van der Waals surface area contributed by atoms with Gasteiger partial charge in [-0.2, -0.15) is 13.2 Å². The van der Waals surface area contributed by atoms with Gasteiger partial charge in [0.15, 0.2) is 5.96 Å². The highest BCUT2D eigenvalue weighted by molar-refractivity contribution is 5.79. The number of alkyl halides is 3. The van der Waals surface area contributed by atoms with E-state index in [4.69, 9.17) is 0 Å². The minimum absolute atomic E-state index is 0.159. The summed E-state index contributed by atoms with van der Waals surface area (Å²) in [7, 11) is 0. The van der Waals surface area contributed by atoms with Gasteiger partial charge in [-0.05, 0) is 26.2 Å². The van der Waals surface area contributed by atoms with Crippen LogP contribution in [-0.2, 0) is 0 Å². The summed E-state index contributed by atoms with van der Waals surface area (Å²) in [5.41, 5.74) is 0. The van der Waals surface area contributed by atoms with Gasteiger partial charge >= 0.3 is 6.18 Å². The second-order valence-electron chi connectivity index (χ2n) is 4.82. The van der Waals surface area contributed by atoms with Crippen molar-refractivity contribution in [3.63, 3.8) is 0 Å². The van der Waals surface area contributed by atoms with Crippen molar-refractivity contribution in [1.29, 1.82) is 0 Å². The van der Waals surface area contributed by atoms with Crippen LogP contribution in [0.1, 0.15) is 58.8 Å². The topological polar surface area (TPSA) is 36.4 Å². The van der Waals surface area contributed by atoms with Crippen molar-refractivity contribution < 1.29 is 13.2 Å². The maximum atomic E-state index is 12.0. The summed E-state index contributed by atoms with van der Waals surface area (Å²) in [6.07, 6.45) is 0.547. The molecule has 0 aromatic carbocycles. The highest BCUT2D eigenvalue weighted by Crippen LogP contribution is 2.21. The Morgan fingerprint density at radius 3 is 2.30 bits per heavy atom. The standard InChI is InChI=1S/C14H28F3N3/c1-3-5-6-8-11-19-13(18-4-2)20-12-9-7-10-14(15,16)17/h3-12H2,1-2H3,(H2,18,19,20). The zero-order valence-corrected chi connectivity index (χ0v) is 12.7. The van der Waals surface area contributed by atoms with Crippen molar-refractivity contribution in [3.8, 4) is 0 Å². The van der Waals surface area contributed by atoms with E-state index in [2.05, 4.69) is 22.5 Å². The van der Waals surface area contributed by atoms with E-state index in [1.165, 1.54) is 19.3 Å². The summed E-state index contributed by atoms with van der Waals surface area (Å²) in [4.78, 5) is 4.40. The lowest BCUT2D eigenvalue weighted by atomic mass is 10.2. The molecule has 0 spiro atoms. The molecule has 0 heterocycles. The number of hydrogen-bond acceptors (Lipinski definition) is 1. The number of nitrogens with one attached hydrogen (secondary N) is 2. The van der Waals surface area contributed by atoms with Gasteiger partial charge in [-0.15, -0.1) is 0 Å². The maximum Gasteiger partial charge on any atom is 0.389 e. The largest absolute Gasteiger partial charge is 0.389 e. The highest BCUT2D eigenvalue weighted by Gasteiger charge is 2.25. The molecule has 0 atom stereocenters. The van der Waals surface area contributed by atoms with Gasteiger partial charge in [-0.1, -0.05) is 26.2 Å². The van der Waals surface area contributed by atoms with Crippen molar-refractivity contribution in [2.45, 2.75) is 65.0 Å². The second kappa shape index (κ2) is 11.9. The van der Waals surface area contributed by atoms with Crippen LogP contribution in [-0.4, -0.2) is 31.8 Å². The van der Waals surface area contributed by atoms with Gasteiger partial charge in [0.1, 0.15) is 0 Å². The Labute approximate surface area is 120 Å². The van der Waals surface area contributed by atoms with Gasteiger partial charge in [-0.25, -0.2) is 0 Å². The third-order valence-corrected chi connectivity index (χ3v) is 2.81. The molecule has 120 valence electrons. The molecule has 0 unspecified atom stereocenters. The number of aliphatic imine (C=N–C) groups is 1. The summed E-state index contributed by atoms with van der Waals surface area (Å²) in [5.74, 6) is 0.705. The van der Waals surface area contributed by atoms with Crippen LogP contribution >= 0.6 is 0 Å². The van der Waals surface area contributed by atoms with Crippen LogP contribution in [0.15, 0.2) is 4.99 Å². The number of unbranched alkanes of at least 4 members (excludes halogenated alkanes) is 4. The molecule has 0 amide bonds. The SMILES string of the molecule is CCCCCCN=C(NCC)NCCCCC(F)(F)F. The zero-order valence-electron chi connectivity index (χ0n) is 12.7. The first-order valence-electron chi connectivity index (χ1n) is 7.58. The Morgan fingerprint density at radius 1 is 0.950 bits per heavy atom. The summed E-state index contributed by atoms with van der Waals surface area (Å²) in [6, 6.07) is 0. The molecule has 3 nitrogen and oxygen atoms in total. The van der Waals surface area contributed by atoms with Gasteiger partial charge in [0.05, 0.1) is 0 Å². The van der Waals surface area contributed by atoms with Crippen LogP contribution in [0.25, 0.3) is 0 Å². The lowest BCUT2D eigenvalue weighted by Gasteiger charge is -2.11. The van der Waals surface area contributed by atoms with Crippen LogP contribution in [0.4, 0.5) is 13.2 Å². The number of nitrogens with zero attached hydrogens (tertiary/aromatic N) is 1. The Bertz CT molecular complexity index is 253. The summed E-state index contributed by atoms with van der Waals surface area (Å²) < 4.78 is 35.9. The highest BCUT2D eigenvalue weighted by atomic mass is 19.4. The summed E-state index contributed by atoms with van der Waals surface area (Å²) in [6.45, 7) is 6.17. The molecule has 0 bridgehead atoms. The molecular weight excluding hydrogens is 267 g/mol. The average molecular weight is 295 g/mol. The first-order valence-corrected chi connectivity index (χ1v) is 7.58. The third kappa shape index (κ3) is 13.5. The minimum Gasteiger partial charge on any atom is -0.357 e. The first kappa shape index (κ1) is 19.1. The van der Waals surface area contributed by atoms with Gasteiger partial charge in [0.25, 0.3) is 0 Å². The molecule has 0 aliphatic rings. The smallest absolute Gasteiger partial charge is 0.357 e. The normalized spacial score (nSPS) is 12.6. The Morgan fingerprint density at radius 2 is 1.70 bits per heavy atom. The quantitative estimate of drug-likeness (QED) is 0.365. The van der Waals surface area contributed by atoms with Crippen molar-refractivity contribution in [2.75, 3.05) is 19.6 Å². The monoisotopic (exact) mass is 295 g/mol. The van der Waals surface area contributed by atoms with E-state index in [9.17, 15) is 13.2 Å². The van der Waals surface area contributed by atoms with E-state index in [1.807, 2.05) is 6.92 Å². The molecule has 0 radical (unpaired) electrons.